The third kappa shape index (κ3) is 4.25. The predicted octanol–water partition coefficient (Wildman–Crippen LogP) is 3.72. The Labute approximate surface area is 161 Å². The molecule has 0 saturated heterocycles. The highest BCUT2D eigenvalue weighted by Crippen LogP contribution is 2.20. The fourth-order valence-electron chi connectivity index (χ4n) is 2.71. The molecule has 28 heavy (non-hydrogen) atoms. The maximum absolute atomic E-state index is 12.7. The lowest BCUT2D eigenvalue weighted by Crippen LogP contribution is -2.39. The van der Waals surface area contributed by atoms with Crippen molar-refractivity contribution in [1.82, 2.24) is 15.0 Å². The quantitative estimate of drug-likeness (QED) is 0.429. The number of benzene rings is 1. The Kier molecular flexibility index (Phi) is 5.83. The number of carbonyl (C=O) groups is 1. The molecular weight excluding hydrogens is 364 g/mol. The fourth-order valence-corrected chi connectivity index (χ4v) is 2.71. The third-order valence-corrected chi connectivity index (χ3v) is 4.49. The number of nitrogens with zero attached hydrogens (tertiary/aromatic N) is 4. The molecule has 0 aliphatic heterocycles. The molecule has 1 amide bonds. The summed E-state index contributed by atoms with van der Waals surface area (Å²) in [7, 11) is 0. The van der Waals surface area contributed by atoms with Gasteiger partial charge < -0.3 is 13.8 Å². The first-order valence-corrected chi connectivity index (χ1v) is 8.91. The molecule has 1 atom stereocenters. The first-order chi connectivity index (χ1) is 13.5. The van der Waals surface area contributed by atoms with E-state index in [0.717, 1.165) is 6.42 Å². The van der Waals surface area contributed by atoms with Crippen LogP contribution in [-0.4, -0.2) is 38.5 Å². The molecule has 9 heteroatoms. The van der Waals surface area contributed by atoms with E-state index in [2.05, 4.69) is 10.1 Å². The number of amides is 1. The van der Waals surface area contributed by atoms with Gasteiger partial charge in [-0.15, -0.1) is 0 Å². The summed E-state index contributed by atoms with van der Waals surface area (Å²) in [5.41, 5.74) is 0.610. The summed E-state index contributed by atoms with van der Waals surface area (Å²) in [4.78, 5) is 29.0. The van der Waals surface area contributed by atoms with Crippen LogP contribution in [0, 0.1) is 10.1 Å². The number of hydrogen-bond donors (Lipinski definition) is 0. The Morgan fingerprint density at radius 3 is 2.64 bits per heavy atom. The summed E-state index contributed by atoms with van der Waals surface area (Å²) < 4.78 is 10.5. The highest BCUT2D eigenvalue weighted by atomic mass is 16.6. The summed E-state index contributed by atoms with van der Waals surface area (Å²) >= 11 is 0. The van der Waals surface area contributed by atoms with Gasteiger partial charge in [0.15, 0.2) is 5.76 Å². The molecule has 9 nitrogen and oxygen atoms in total. The number of nitro benzene ring substituents is 1. The van der Waals surface area contributed by atoms with Crippen LogP contribution in [0.15, 0.2) is 51.6 Å². The van der Waals surface area contributed by atoms with Gasteiger partial charge in [0.2, 0.25) is 11.7 Å². The van der Waals surface area contributed by atoms with E-state index >= 15 is 0 Å². The van der Waals surface area contributed by atoms with Crippen molar-refractivity contribution in [2.24, 2.45) is 0 Å². The van der Waals surface area contributed by atoms with Crippen molar-refractivity contribution >= 4 is 11.6 Å². The van der Waals surface area contributed by atoms with E-state index in [-0.39, 0.29) is 23.4 Å². The van der Waals surface area contributed by atoms with Crippen LogP contribution in [-0.2, 0) is 6.42 Å². The lowest BCUT2D eigenvalue weighted by atomic mass is 10.2. The average Bonchev–Trinajstić information content (AvgIpc) is 3.40. The van der Waals surface area contributed by atoms with Crippen LogP contribution in [0.2, 0.25) is 0 Å². The second kappa shape index (κ2) is 8.47. The zero-order valence-electron chi connectivity index (χ0n) is 15.6. The van der Waals surface area contributed by atoms with Gasteiger partial charge in [-0.25, -0.2) is 0 Å². The van der Waals surface area contributed by atoms with Crippen LogP contribution in [0.5, 0.6) is 0 Å². The molecule has 0 N–H and O–H groups in total. The molecule has 0 bridgehead atoms. The second-order valence-corrected chi connectivity index (χ2v) is 6.30. The van der Waals surface area contributed by atoms with Gasteiger partial charge in [-0.3, -0.25) is 14.9 Å². The van der Waals surface area contributed by atoms with E-state index < -0.39 is 4.92 Å². The van der Waals surface area contributed by atoms with Gasteiger partial charge in [-0.1, -0.05) is 12.1 Å². The number of rotatable bonds is 8. The standard InChI is InChI=1S/C19H20N4O5/c1-3-13(2)22(19(24)16-5-4-12-27-16)11-10-17-20-18(21-28-17)14-6-8-15(9-7-14)23(25)26/h4-9,12-13H,3,10-11H2,1-2H3/t13-/m0/s1. The molecule has 0 spiro atoms. The van der Waals surface area contributed by atoms with E-state index in [4.69, 9.17) is 8.94 Å². The number of nitro groups is 1. The Hall–Kier alpha value is -3.49. The largest absolute Gasteiger partial charge is 0.459 e. The van der Waals surface area contributed by atoms with Gasteiger partial charge in [-0.05, 0) is 37.6 Å². The molecule has 2 aromatic heterocycles. The molecule has 2 heterocycles. The van der Waals surface area contributed by atoms with Crippen molar-refractivity contribution in [1.29, 1.82) is 0 Å². The average molecular weight is 384 g/mol. The highest BCUT2D eigenvalue weighted by molar-refractivity contribution is 5.91. The number of carbonyl (C=O) groups excluding carboxylic acids is 1. The second-order valence-electron chi connectivity index (χ2n) is 6.30. The summed E-state index contributed by atoms with van der Waals surface area (Å²) in [6.07, 6.45) is 2.65. The smallest absolute Gasteiger partial charge is 0.289 e. The molecule has 146 valence electrons. The third-order valence-electron chi connectivity index (χ3n) is 4.49. The molecule has 3 aromatic rings. The van der Waals surface area contributed by atoms with Crippen molar-refractivity contribution in [3.05, 3.63) is 64.4 Å². The summed E-state index contributed by atoms with van der Waals surface area (Å²) in [5, 5.41) is 14.7. The van der Waals surface area contributed by atoms with Crippen LogP contribution in [0.3, 0.4) is 0 Å². The van der Waals surface area contributed by atoms with Crippen molar-refractivity contribution in [3.63, 3.8) is 0 Å². The number of furan rings is 1. The first kappa shape index (κ1) is 19.3. The zero-order valence-corrected chi connectivity index (χ0v) is 15.6. The highest BCUT2D eigenvalue weighted by Gasteiger charge is 2.23. The molecule has 3 rings (SSSR count). The Bertz CT molecular complexity index is 934. The van der Waals surface area contributed by atoms with Crippen molar-refractivity contribution in [2.75, 3.05) is 6.54 Å². The van der Waals surface area contributed by atoms with Gasteiger partial charge in [0.25, 0.3) is 11.6 Å². The minimum Gasteiger partial charge on any atom is -0.459 e. The van der Waals surface area contributed by atoms with Crippen molar-refractivity contribution < 1.29 is 18.7 Å². The van der Waals surface area contributed by atoms with E-state index in [1.54, 1.807) is 29.2 Å². The lowest BCUT2D eigenvalue weighted by molar-refractivity contribution is -0.384. The first-order valence-electron chi connectivity index (χ1n) is 8.91. The fraction of sp³-hybridized carbons (Fsp3) is 0.316. The van der Waals surface area contributed by atoms with E-state index in [0.29, 0.717) is 30.2 Å². The monoisotopic (exact) mass is 384 g/mol. The molecule has 0 radical (unpaired) electrons. The van der Waals surface area contributed by atoms with Gasteiger partial charge in [0.1, 0.15) is 0 Å². The van der Waals surface area contributed by atoms with Gasteiger partial charge in [-0.2, -0.15) is 4.98 Å². The van der Waals surface area contributed by atoms with E-state index in [1.807, 2.05) is 13.8 Å². The molecule has 1 aromatic carbocycles. The normalized spacial score (nSPS) is 11.9. The Morgan fingerprint density at radius 1 is 1.29 bits per heavy atom. The zero-order chi connectivity index (χ0) is 20.1. The maximum atomic E-state index is 12.7. The summed E-state index contributed by atoms with van der Waals surface area (Å²) in [5.74, 6) is 0.832. The minimum atomic E-state index is -0.467. The topological polar surface area (TPSA) is 116 Å². The minimum absolute atomic E-state index is 0.00639. The predicted molar refractivity (Wildman–Crippen MR) is 99.6 cm³/mol. The summed E-state index contributed by atoms with van der Waals surface area (Å²) in [6.45, 7) is 4.37. The van der Waals surface area contributed by atoms with Crippen LogP contribution in [0.25, 0.3) is 11.4 Å². The van der Waals surface area contributed by atoms with Crippen LogP contribution < -0.4 is 0 Å². The Balaban J connectivity index is 1.69. The van der Waals surface area contributed by atoms with Crippen molar-refractivity contribution in [2.45, 2.75) is 32.7 Å². The van der Waals surface area contributed by atoms with E-state index in [9.17, 15) is 14.9 Å². The van der Waals surface area contributed by atoms with Gasteiger partial charge >= 0.3 is 0 Å². The SMILES string of the molecule is CC[C@H](C)N(CCc1nc(-c2ccc([N+](=O)[O-])cc2)no1)C(=O)c1ccco1. The Morgan fingerprint density at radius 2 is 2.04 bits per heavy atom. The van der Waals surface area contributed by atoms with Gasteiger partial charge in [0, 0.05) is 36.7 Å². The number of hydrogen-bond acceptors (Lipinski definition) is 7. The molecular formula is C19H20N4O5. The number of aromatic nitrogens is 2. The maximum Gasteiger partial charge on any atom is 0.289 e. The molecule has 0 unspecified atom stereocenters. The lowest BCUT2D eigenvalue weighted by Gasteiger charge is -2.27. The molecule has 0 saturated carbocycles. The molecule has 0 fully saturated rings. The summed E-state index contributed by atoms with van der Waals surface area (Å²) in [6, 6.07) is 9.25. The van der Waals surface area contributed by atoms with Crippen LogP contribution in [0.4, 0.5) is 5.69 Å². The van der Waals surface area contributed by atoms with Gasteiger partial charge in [0.05, 0.1) is 11.2 Å². The molecule has 0 aliphatic rings. The van der Waals surface area contributed by atoms with E-state index in [1.165, 1.54) is 18.4 Å². The van der Waals surface area contributed by atoms with Crippen LogP contribution in [0.1, 0.15) is 36.7 Å². The van der Waals surface area contributed by atoms with Crippen LogP contribution >= 0.6 is 0 Å². The molecule has 0 aliphatic carbocycles. The van der Waals surface area contributed by atoms with Crippen molar-refractivity contribution in [3.8, 4) is 11.4 Å². The number of non-ortho nitro benzene ring substituents is 1.